The maximum absolute atomic E-state index is 13.0. The Hall–Kier alpha value is -3.47. The highest BCUT2D eigenvalue weighted by molar-refractivity contribution is 6.04. The first kappa shape index (κ1) is 18.9. The maximum Gasteiger partial charge on any atom is 0.274 e. The molecule has 3 aromatic rings. The number of hydrogen-bond acceptors (Lipinski definition) is 3. The number of amides is 2. The number of aryl methyl sites for hydroxylation is 1. The normalized spacial score (nSPS) is 12.9. The molecule has 0 bridgehead atoms. The van der Waals surface area contributed by atoms with E-state index in [9.17, 15) is 9.59 Å². The van der Waals surface area contributed by atoms with Gasteiger partial charge in [0, 0.05) is 18.8 Å². The van der Waals surface area contributed by atoms with Gasteiger partial charge < -0.3 is 10.2 Å². The number of nitrogens with zero attached hydrogens (tertiary/aromatic N) is 2. The van der Waals surface area contributed by atoms with Crippen LogP contribution in [0, 0.1) is 0 Å². The van der Waals surface area contributed by atoms with Gasteiger partial charge in [0.2, 0.25) is 0 Å². The molecule has 5 nitrogen and oxygen atoms in total. The van der Waals surface area contributed by atoms with E-state index in [0.717, 1.165) is 29.7 Å². The number of rotatable bonds is 4. The number of carbonyl (C=O) groups is 2. The van der Waals surface area contributed by atoms with Crippen LogP contribution in [0.1, 0.15) is 44.6 Å². The number of pyridine rings is 1. The van der Waals surface area contributed by atoms with Crippen LogP contribution in [0.25, 0.3) is 0 Å². The largest absolute Gasteiger partial charge is 0.333 e. The molecule has 1 N–H and O–H groups in total. The van der Waals surface area contributed by atoms with Gasteiger partial charge >= 0.3 is 0 Å². The number of anilines is 1. The summed E-state index contributed by atoms with van der Waals surface area (Å²) in [5.74, 6) is -0.465. The van der Waals surface area contributed by atoms with Gasteiger partial charge in [-0.05, 0) is 47.7 Å². The Bertz CT molecular complexity index is 1060. The zero-order valence-corrected chi connectivity index (χ0v) is 16.4. The molecule has 1 aliphatic rings. The zero-order valence-electron chi connectivity index (χ0n) is 16.4. The Morgan fingerprint density at radius 3 is 2.48 bits per heavy atom. The third kappa shape index (κ3) is 4.04. The van der Waals surface area contributed by atoms with Gasteiger partial charge in [-0.1, -0.05) is 55.5 Å². The summed E-state index contributed by atoms with van der Waals surface area (Å²) in [4.78, 5) is 31.8. The van der Waals surface area contributed by atoms with Gasteiger partial charge in [-0.3, -0.25) is 9.59 Å². The topological polar surface area (TPSA) is 62.3 Å². The van der Waals surface area contributed by atoms with Crippen LogP contribution in [0.4, 0.5) is 5.69 Å². The number of carbonyl (C=O) groups excluding carboxylic acids is 2. The van der Waals surface area contributed by atoms with E-state index in [1.165, 1.54) is 5.56 Å². The van der Waals surface area contributed by atoms with Gasteiger partial charge in [0.1, 0.15) is 11.4 Å². The molecule has 0 radical (unpaired) electrons. The van der Waals surface area contributed by atoms with Crippen molar-refractivity contribution >= 4 is 17.5 Å². The second-order valence-electron chi connectivity index (χ2n) is 7.12. The molecule has 0 spiro atoms. The summed E-state index contributed by atoms with van der Waals surface area (Å²) >= 11 is 0. The van der Waals surface area contributed by atoms with E-state index in [2.05, 4.69) is 22.4 Å². The van der Waals surface area contributed by atoms with Gasteiger partial charge in [-0.15, -0.1) is 0 Å². The number of nitrogens with one attached hydrogen (secondary N) is 1. The van der Waals surface area contributed by atoms with E-state index in [1.54, 1.807) is 23.1 Å². The molecule has 0 atom stereocenters. The van der Waals surface area contributed by atoms with E-state index >= 15 is 0 Å². The fraction of sp³-hybridized carbons (Fsp3) is 0.208. The van der Waals surface area contributed by atoms with Crippen molar-refractivity contribution < 1.29 is 9.59 Å². The van der Waals surface area contributed by atoms with Crippen molar-refractivity contribution in [1.82, 2.24) is 9.88 Å². The highest BCUT2D eigenvalue weighted by Crippen LogP contribution is 2.20. The van der Waals surface area contributed by atoms with Crippen LogP contribution < -0.4 is 5.32 Å². The summed E-state index contributed by atoms with van der Waals surface area (Å²) in [5, 5.41) is 2.91. The van der Waals surface area contributed by atoms with Crippen LogP contribution in [-0.2, 0) is 19.4 Å². The Morgan fingerprint density at radius 1 is 0.931 bits per heavy atom. The summed E-state index contributed by atoms with van der Waals surface area (Å²) < 4.78 is 0. The minimum atomic E-state index is -0.315. The first-order valence-corrected chi connectivity index (χ1v) is 9.88. The first-order valence-electron chi connectivity index (χ1n) is 9.88. The summed E-state index contributed by atoms with van der Waals surface area (Å²) in [7, 11) is 0. The maximum atomic E-state index is 13.0. The van der Waals surface area contributed by atoms with Crippen molar-refractivity contribution in [3.05, 3.63) is 94.8 Å². The van der Waals surface area contributed by atoms with Gasteiger partial charge in [-0.2, -0.15) is 0 Å². The van der Waals surface area contributed by atoms with Crippen molar-refractivity contribution in [3.63, 3.8) is 0 Å². The molecular formula is C24H23N3O2. The third-order valence-electron chi connectivity index (χ3n) is 5.27. The molecule has 0 fully saturated rings. The number of benzene rings is 2. The molecule has 2 heterocycles. The highest BCUT2D eigenvalue weighted by atomic mass is 16.2. The zero-order chi connectivity index (χ0) is 20.2. The van der Waals surface area contributed by atoms with Crippen molar-refractivity contribution in [1.29, 1.82) is 0 Å². The van der Waals surface area contributed by atoms with E-state index in [0.29, 0.717) is 18.8 Å². The van der Waals surface area contributed by atoms with Gasteiger partial charge in [0.25, 0.3) is 11.8 Å². The molecule has 0 unspecified atom stereocenters. The van der Waals surface area contributed by atoms with Crippen LogP contribution in [0.5, 0.6) is 0 Å². The van der Waals surface area contributed by atoms with Crippen molar-refractivity contribution in [3.8, 4) is 0 Å². The molecule has 2 aromatic carbocycles. The lowest BCUT2D eigenvalue weighted by Crippen LogP contribution is -2.36. The first-order chi connectivity index (χ1) is 14.2. The summed E-state index contributed by atoms with van der Waals surface area (Å²) in [6, 6.07) is 20.9. The van der Waals surface area contributed by atoms with Crippen LogP contribution in [0.15, 0.2) is 66.7 Å². The molecule has 0 aliphatic carbocycles. The number of para-hydroxylation sites is 1. The molecule has 29 heavy (non-hydrogen) atoms. The summed E-state index contributed by atoms with van der Waals surface area (Å²) in [6.45, 7) is 3.26. The molecule has 2 amide bonds. The lowest BCUT2D eigenvalue weighted by atomic mass is 10.00. The molecule has 0 saturated carbocycles. The molecule has 5 heteroatoms. The standard InChI is InChI=1S/C24H23N3O2/c1-2-17-8-5-6-11-20(17)26-23(28)21-12-7-13-22(25-21)24(29)27-15-14-18-9-3-4-10-19(18)16-27/h3-13H,2,14-16H2,1H3,(H,26,28). The molecule has 4 rings (SSSR count). The monoisotopic (exact) mass is 385 g/mol. The van der Waals surface area contributed by atoms with E-state index in [-0.39, 0.29) is 17.5 Å². The number of hydrogen-bond donors (Lipinski definition) is 1. The third-order valence-corrected chi connectivity index (χ3v) is 5.27. The second-order valence-corrected chi connectivity index (χ2v) is 7.12. The quantitative estimate of drug-likeness (QED) is 0.736. The number of aromatic nitrogens is 1. The smallest absolute Gasteiger partial charge is 0.274 e. The van der Waals surface area contributed by atoms with Crippen LogP contribution in [0.3, 0.4) is 0 Å². The predicted molar refractivity (Wildman–Crippen MR) is 113 cm³/mol. The lowest BCUT2D eigenvalue weighted by molar-refractivity contribution is 0.0728. The summed E-state index contributed by atoms with van der Waals surface area (Å²) in [6.07, 6.45) is 1.65. The predicted octanol–water partition coefficient (Wildman–Crippen LogP) is 4.09. The Morgan fingerprint density at radius 2 is 1.66 bits per heavy atom. The molecular weight excluding hydrogens is 362 g/mol. The molecule has 0 saturated heterocycles. The molecule has 1 aliphatic heterocycles. The fourth-order valence-electron chi connectivity index (χ4n) is 3.65. The van der Waals surface area contributed by atoms with E-state index in [4.69, 9.17) is 0 Å². The number of fused-ring (bicyclic) bond motifs is 1. The van der Waals surface area contributed by atoms with Crippen LogP contribution >= 0.6 is 0 Å². The van der Waals surface area contributed by atoms with Crippen molar-refractivity contribution in [2.75, 3.05) is 11.9 Å². The second kappa shape index (κ2) is 8.27. The Balaban J connectivity index is 1.51. The Kier molecular flexibility index (Phi) is 5.38. The fourth-order valence-corrected chi connectivity index (χ4v) is 3.65. The lowest BCUT2D eigenvalue weighted by Gasteiger charge is -2.28. The van der Waals surface area contributed by atoms with E-state index in [1.807, 2.05) is 43.3 Å². The van der Waals surface area contributed by atoms with Crippen LogP contribution in [0.2, 0.25) is 0 Å². The minimum absolute atomic E-state index is 0.150. The molecule has 146 valence electrons. The summed E-state index contributed by atoms with van der Waals surface area (Å²) in [5.41, 5.74) is 4.80. The Labute approximate surface area is 170 Å². The van der Waals surface area contributed by atoms with E-state index < -0.39 is 0 Å². The SMILES string of the molecule is CCc1ccccc1NC(=O)c1cccc(C(=O)N2CCc3ccccc3C2)n1. The average Bonchev–Trinajstić information content (AvgIpc) is 2.78. The van der Waals surface area contributed by atoms with Crippen LogP contribution in [-0.4, -0.2) is 28.2 Å². The van der Waals surface area contributed by atoms with Gasteiger partial charge in [0.05, 0.1) is 0 Å². The molecule has 1 aromatic heterocycles. The van der Waals surface area contributed by atoms with Gasteiger partial charge in [-0.25, -0.2) is 4.98 Å². The van der Waals surface area contributed by atoms with Gasteiger partial charge in [0.15, 0.2) is 0 Å². The minimum Gasteiger partial charge on any atom is -0.333 e. The average molecular weight is 385 g/mol. The van der Waals surface area contributed by atoms with Crippen molar-refractivity contribution in [2.45, 2.75) is 26.3 Å². The highest BCUT2D eigenvalue weighted by Gasteiger charge is 2.23. The van der Waals surface area contributed by atoms with Crippen molar-refractivity contribution in [2.24, 2.45) is 0 Å².